The molecule has 1 amide bonds. The Hall–Kier alpha value is -1.06. The van der Waals surface area contributed by atoms with Crippen LogP contribution in [0.2, 0.25) is 0 Å². The molecule has 1 aliphatic rings. The second-order valence-corrected chi connectivity index (χ2v) is 4.73. The highest BCUT2D eigenvalue weighted by atomic mass is 16.1. The van der Waals surface area contributed by atoms with Crippen molar-refractivity contribution in [1.29, 1.82) is 0 Å². The monoisotopic (exact) mass is 225 g/mol. The van der Waals surface area contributed by atoms with E-state index in [4.69, 9.17) is 11.5 Å². The van der Waals surface area contributed by atoms with Gasteiger partial charge < -0.3 is 11.5 Å². The molecule has 0 aromatic heterocycles. The van der Waals surface area contributed by atoms with Gasteiger partial charge in [0.2, 0.25) is 0 Å². The second kappa shape index (κ2) is 6.51. The number of guanidine groups is 1. The van der Waals surface area contributed by atoms with Crippen LogP contribution in [0.5, 0.6) is 0 Å². The first-order valence-corrected chi connectivity index (χ1v) is 6.27. The lowest BCUT2D eigenvalue weighted by molar-refractivity contribution is -0.122. The first kappa shape index (κ1) is 13.0. The zero-order valence-electron chi connectivity index (χ0n) is 10.1. The summed E-state index contributed by atoms with van der Waals surface area (Å²) in [6, 6.07) is 0. The third-order valence-corrected chi connectivity index (χ3v) is 3.40. The topological polar surface area (TPSA) is 81.5 Å². The van der Waals surface area contributed by atoms with Gasteiger partial charge in [-0.25, -0.2) is 0 Å². The molecule has 0 unspecified atom stereocenters. The van der Waals surface area contributed by atoms with Crippen molar-refractivity contribution in [3.8, 4) is 0 Å². The molecule has 0 bridgehead atoms. The summed E-state index contributed by atoms with van der Waals surface area (Å²) in [5.74, 6) is 0.621. The number of carbonyl (C=O) groups excluding carboxylic acids is 1. The van der Waals surface area contributed by atoms with Crippen LogP contribution in [-0.2, 0) is 4.79 Å². The third kappa shape index (κ3) is 4.21. The van der Waals surface area contributed by atoms with Crippen molar-refractivity contribution in [2.45, 2.75) is 51.9 Å². The van der Waals surface area contributed by atoms with Gasteiger partial charge in [0.25, 0.3) is 5.91 Å². The first-order chi connectivity index (χ1) is 7.63. The highest BCUT2D eigenvalue weighted by molar-refractivity contribution is 5.92. The number of unbranched alkanes of at least 4 members (excludes halogenated alkanes) is 1. The molecule has 1 aliphatic carbocycles. The molecule has 4 nitrogen and oxygen atoms in total. The summed E-state index contributed by atoms with van der Waals surface area (Å²) in [6.07, 6.45) is 8.06. The molecule has 0 atom stereocenters. The summed E-state index contributed by atoms with van der Waals surface area (Å²) in [4.78, 5) is 15.2. The van der Waals surface area contributed by atoms with Gasteiger partial charge in [0, 0.05) is 5.92 Å². The predicted octanol–water partition coefficient (Wildman–Crippen LogP) is 1.78. The van der Waals surface area contributed by atoms with Crippen LogP contribution in [0.1, 0.15) is 51.9 Å². The average molecular weight is 225 g/mol. The minimum atomic E-state index is -0.131. The van der Waals surface area contributed by atoms with E-state index >= 15 is 0 Å². The molecule has 4 N–H and O–H groups in total. The van der Waals surface area contributed by atoms with Gasteiger partial charge in [-0.2, -0.15) is 4.99 Å². The minimum Gasteiger partial charge on any atom is -0.370 e. The molecule has 0 aromatic rings. The molecule has 0 heterocycles. The van der Waals surface area contributed by atoms with Crippen LogP contribution in [0.3, 0.4) is 0 Å². The highest BCUT2D eigenvalue weighted by Crippen LogP contribution is 2.32. The molecule has 4 heteroatoms. The molecule has 1 saturated carbocycles. The van der Waals surface area contributed by atoms with Crippen LogP contribution in [0, 0.1) is 11.8 Å². The Labute approximate surface area is 97.5 Å². The molecule has 0 spiro atoms. The molecular formula is C12H23N3O. The van der Waals surface area contributed by atoms with E-state index in [0.717, 1.165) is 31.6 Å². The van der Waals surface area contributed by atoms with Crippen molar-refractivity contribution in [3.63, 3.8) is 0 Å². The van der Waals surface area contributed by atoms with Gasteiger partial charge in [-0.15, -0.1) is 0 Å². The van der Waals surface area contributed by atoms with E-state index in [-0.39, 0.29) is 17.8 Å². The van der Waals surface area contributed by atoms with Gasteiger partial charge in [0.05, 0.1) is 0 Å². The number of carbonyl (C=O) groups is 1. The number of hydrogen-bond donors (Lipinski definition) is 2. The summed E-state index contributed by atoms with van der Waals surface area (Å²) >= 11 is 0. The average Bonchev–Trinajstić information content (AvgIpc) is 2.26. The maximum Gasteiger partial charge on any atom is 0.251 e. The van der Waals surface area contributed by atoms with Crippen LogP contribution in [-0.4, -0.2) is 11.9 Å². The number of rotatable bonds is 4. The van der Waals surface area contributed by atoms with Crippen LogP contribution in [0.15, 0.2) is 4.99 Å². The fraction of sp³-hybridized carbons (Fsp3) is 0.833. The van der Waals surface area contributed by atoms with Gasteiger partial charge in [-0.1, -0.05) is 26.2 Å². The summed E-state index contributed by atoms with van der Waals surface area (Å²) in [5, 5.41) is 0. The van der Waals surface area contributed by atoms with Crippen LogP contribution in [0.25, 0.3) is 0 Å². The van der Waals surface area contributed by atoms with E-state index in [1.807, 2.05) is 0 Å². The summed E-state index contributed by atoms with van der Waals surface area (Å²) in [7, 11) is 0. The van der Waals surface area contributed by atoms with E-state index in [0.29, 0.717) is 0 Å². The Kier molecular flexibility index (Phi) is 5.29. The van der Waals surface area contributed by atoms with Gasteiger partial charge in [-0.05, 0) is 31.6 Å². The maximum absolute atomic E-state index is 11.6. The number of nitrogens with zero attached hydrogens (tertiary/aromatic N) is 1. The van der Waals surface area contributed by atoms with E-state index in [1.165, 1.54) is 19.3 Å². The summed E-state index contributed by atoms with van der Waals surface area (Å²) in [5.41, 5.74) is 10.4. The van der Waals surface area contributed by atoms with Gasteiger partial charge in [0.1, 0.15) is 0 Å². The van der Waals surface area contributed by atoms with Crippen molar-refractivity contribution in [1.82, 2.24) is 0 Å². The van der Waals surface area contributed by atoms with Crippen LogP contribution in [0.4, 0.5) is 0 Å². The molecule has 1 rings (SSSR count). The highest BCUT2D eigenvalue weighted by Gasteiger charge is 2.25. The van der Waals surface area contributed by atoms with Crippen LogP contribution < -0.4 is 11.5 Å². The molecular weight excluding hydrogens is 202 g/mol. The molecule has 1 fully saturated rings. The van der Waals surface area contributed by atoms with Crippen molar-refractivity contribution in [3.05, 3.63) is 0 Å². The van der Waals surface area contributed by atoms with E-state index in [9.17, 15) is 4.79 Å². The zero-order chi connectivity index (χ0) is 12.0. The van der Waals surface area contributed by atoms with Crippen molar-refractivity contribution in [2.75, 3.05) is 0 Å². The Morgan fingerprint density at radius 3 is 2.38 bits per heavy atom. The fourth-order valence-electron chi connectivity index (χ4n) is 2.41. The van der Waals surface area contributed by atoms with Crippen LogP contribution >= 0.6 is 0 Å². The predicted molar refractivity (Wildman–Crippen MR) is 65.8 cm³/mol. The Balaban J connectivity index is 2.31. The van der Waals surface area contributed by atoms with Crippen molar-refractivity contribution < 1.29 is 4.79 Å². The SMILES string of the molecule is CCCCC1CCC(C(=O)N=C(N)N)CC1. The molecule has 16 heavy (non-hydrogen) atoms. The smallest absolute Gasteiger partial charge is 0.251 e. The van der Waals surface area contributed by atoms with Crippen molar-refractivity contribution >= 4 is 11.9 Å². The lowest BCUT2D eigenvalue weighted by atomic mass is 9.79. The number of amides is 1. The maximum atomic E-state index is 11.6. The van der Waals surface area contributed by atoms with E-state index < -0.39 is 0 Å². The van der Waals surface area contributed by atoms with Gasteiger partial charge in [0.15, 0.2) is 5.96 Å². The van der Waals surface area contributed by atoms with Gasteiger partial charge in [-0.3, -0.25) is 4.79 Å². The largest absolute Gasteiger partial charge is 0.370 e. The fourth-order valence-corrected chi connectivity index (χ4v) is 2.41. The zero-order valence-corrected chi connectivity index (χ0v) is 10.1. The van der Waals surface area contributed by atoms with E-state index in [1.54, 1.807) is 0 Å². The Morgan fingerprint density at radius 1 is 1.25 bits per heavy atom. The van der Waals surface area contributed by atoms with Gasteiger partial charge >= 0.3 is 0 Å². The summed E-state index contributed by atoms with van der Waals surface area (Å²) in [6.45, 7) is 2.22. The molecule has 0 aromatic carbocycles. The molecule has 0 aliphatic heterocycles. The number of nitrogens with two attached hydrogens (primary N) is 2. The normalized spacial score (nSPS) is 25.1. The number of hydrogen-bond acceptors (Lipinski definition) is 1. The molecule has 92 valence electrons. The second-order valence-electron chi connectivity index (χ2n) is 4.73. The summed E-state index contributed by atoms with van der Waals surface area (Å²) < 4.78 is 0. The lowest BCUT2D eigenvalue weighted by Gasteiger charge is -2.26. The lowest BCUT2D eigenvalue weighted by Crippen LogP contribution is -2.27. The third-order valence-electron chi connectivity index (χ3n) is 3.40. The Bertz CT molecular complexity index is 251. The number of aliphatic imine (C=N–C) groups is 1. The molecule has 0 saturated heterocycles. The Morgan fingerprint density at radius 2 is 1.88 bits per heavy atom. The quantitative estimate of drug-likeness (QED) is 0.565. The van der Waals surface area contributed by atoms with E-state index in [2.05, 4.69) is 11.9 Å². The van der Waals surface area contributed by atoms with Crippen molar-refractivity contribution in [2.24, 2.45) is 28.3 Å². The minimum absolute atomic E-state index is 0.0555. The first-order valence-electron chi connectivity index (χ1n) is 6.27. The standard InChI is InChI=1S/C12H23N3O/c1-2-3-4-9-5-7-10(8-6-9)11(16)15-12(13)14/h9-10H,2-8H2,1H3,(H4,13,14,15,16). The molecule has 0 radical (unpaired) electrons.